The van der Waals surface area contributed by atoms with Gasteiger partial charge in [-0.1, -0.05) is 43.2 Å². The van der Waals surface area contributed by atoms with Crippen molar-refractivity contribution in [3.63, 3.8) is 0 Å². The van der Waals surface area contributed by atoms with E-state index < -0.39 is 0 Å². The molecule has 1 aromatic rings. The Morgan fingerprint density at radius 2 is 1.64 bits per heavy atom. The number of halogens is 1. The Labute approximate surface area is 92.1 Å². The molecule has 2 N–H and O–H groups in total. The van der Waals surface area contributed by atoms with E-state index in [1.54, 1.807) is 0 Å². The molecule has 1 fully saturated rings. The summed E-state index contributed by atoms with van der Waals surface area (Å²) in [7, 11) is 0. The van der Waals surface area contributed by atoms with Gasteiger partial charge in [0.05, 0.1) is 0 Å². The van der Waals surface area contributed by atoms with Crippen molar-refractivity contribution in [2.24, 2.45) is 11.7 Å². The van der Waals surface area contributed by atoms with Gasteiger partial charge in [0.15, 0.2) is 0 Å². The minimum atomic E-state index is 0. The van der Waals surface area contributed by atoms with Crippen LogP contribution in [0.25, 0.3) is 0 Å². The smallest absolute Gasteiger partial charge is 0.0323 e. The Morgan fingerprint density at radius 1 is 1.07 bits per heavy atom. The highest BCUT2D eigenvalue weighted by molar-refractivity contribution is 5.85. The summed E-state index contributed by atoms with van der Waals surface area (Å²) in [6.07, 6.45) is 5.36. The second-order valence-corrected chi connectivity index (χ2v) is 3.98. The molecule has 0 saturated heterocycles. The Balaban J connectivity index is 0.000000980. The molecule has 1 saturated carbocycles. The molecule has 0 radical (unpaired) electrons. The van der Waals surface area contributed by atoms with Crippen molar-refractivity contribution in [3.8, 4) is 0 Å². The minimum absolute atomic E-state index is 0. The first kappa shape index (κ1) is 11.5. The van der Waals surface area contributed by atoms with E-state index in [4.69, 9.17) is 5.73 Å². The van der Waals surface area contributed by atoms with Crippen molar-refractivity contribution >= 4 is 12.4 Å². The lowest BCUT2D eigenvalue weighted by atomic mass is 9.93. The quantitative estimate of drug-likeness (QED) is 0.798. The highest BCUT2D eigenvalue weighted by atomic mass is 35.5. The van der Waals surface area contributed by atoms with Crippen LogP contribution in [0, 0.1) is 5.92 Å². The van der Waals surface area contributed by atoms with E-state index >= 15 is 0 Å². The third-order valence-corrected chi connectivity index (χ3v) is 3.09. The van der Waals surface area contributed by atoms with Crippen LogP contribution in [0.1, 0.15) is 37.3 Å². The summed E-state index contributed by atoms with van der Waals surface area (Å²) < 4.78 is 0. The lowest BCUT2D eigenvalue weighted by Crippen LogP contribution is -2.18. The number of rotatable bonds is 2. The predicted molar refractivity (Wildman–Crippen MR) is 62.6 cm³/mol. The maximum atomic E-state index is 6.20. The molecule has 0 spiro atoms. The van der Waals surface area contributed by atoms with E-state index in [1.807, 2.05) is 6.07 Å². The number of benzene rings is 1. The summed E-state index contributed by atoms with van der Waals surface area (Å²) in [5, 5.41) is 0. The zero-order valence-electron chi connectivity index (χ0n) is 8.36. The van der Waals surface area contributed by atoms with Crippen molar-refractivity contribution in [1.29, 1.82) is 0 Å². The number of hydrogen-bond acceptors (Lipinski definition) is 1. The summed E-state index contributed by atoms with van der Waals surface area (Å²) in [5.41, 5.74) is 7.50. The second kappa shape index (κ2) is 5.38. The van der Waals surface area contributed by atoms with E-state index in [1.165, 1.54) is 31.2 Å². The summed E-state index contributed by atoms with van der Waals surface area (Å²) in [6.45, 7) is 0. The van der Waals surface area contributed by atoms with Gasteiger partial charge >= 0.3 is 0 Å². The normalized spacial score (nSPS) is 18.9. The van der Waals surface area contributed by atoms with Crippen LogP contribution in [0.5, 0.6) is 0 Å². The fraction of sp³-hybridized carbons (Fsp3) is 0.500. The van der Waals surface area contributed by atoms with Crippen LogP contribution in [0.3, 0.4) is 0 Å². The molecule has 2 rings (SSSR count). The Kier molecular flexibility index (Phi) is 4.43. The molecule has 1 nitrogen and oxygen atoms in total. The first-order chi connectivity index (χ1) is 6.38. The van der Waals surface area contributed by atoms with Gasteiger partial charge in [0.2, 0.25) is 0 Å². The molecule has 1 aliphatic rings. The van der Waals surface area contributed by atoms with Gasteiger partial charge in [-0.05, 0) is 24.3 Å². The van der Waals surface area contributed by atoms with Gasteiger partial charge in [0, 0.05) is 6.04 Å². The molecule has 0 unspecified atom stereocenters. The van der Waals surface area contributed by atoms with Crippen LogP contribution in [0.15, 0.2) is 30.3 Å². The standard InChI is InChI=1S/C12H17N.ClH/c13-12(11-8-4-5-9-11)10-6-2-1-3-7-10;/h1-3,6-7,11-12H,4-5,8-9,13H2;1H/t12-;/m0./s1. The molecule has 2 heteroatoms. The molecule has 0 heterocycles. The van der Waals surface area contributed by atoms with Crippen LogP contribution in [0.4, 0.5) is 0 Å². The van der Waals surface area contributed by atoms with E-state index in [0.29, 0.717) is 0 Å². The van der Waals surface area contributed by atoms with Crippen LogP contribution in [-0.2, 0) is 0 Å². The Hall–Kier alpha value is -0.530. The molecule has 1 aliphatic carbocycles. The highest BCUT2D eigenvalue weighted by Gasteiger charge is 2.22. The third kappa shape index (κ3) is 2.49. The Bertz CT molecular complexity index is 254. The summed E-state index contributed by atoms with van der Waals surface area (Å²) >= 11 is 0. The minimum Gasteiger partial charge on any atom is -0.324 e. The molecule has 0 bridgehead atoms. The number of hydrogen-bond donors (Lipinski definition) is 1. The van der Waals surface area contributed by atoms with Gasteiger partial charge in [0.25, 0.3) is 0 Å². The van der Waals surface area contributed by atoms with Crippen molar-refractivity contribution in [1.82, 2.24) is 0 Å². The second-order valence-electron chi connectivity index (χ2n) is 3.98. The van der Waals surface area contributed by atoms with Crippen LogP contribution < -0.4 is 5.73 Å². The van der Waals surface area contributed by atoms with Crippen molar-refractivity contribution < 1.29 is 0 Å². The van der Waals surface area contributed by atoms with Gasteiger partial charge in [-0.25, -0.2) is 0 Å². The highest BCUT2D eigenvalue weighted by Crippen LogP contribution is 2.33. The molecule has 0 aromatic heterocycles. The van der Waals surface area contributed by atoms with E-state index in [0.717, 1.165) is 5.92 Å². The summed E-state index contributed by atoms with van der Waals surface area (Å²) in [5.74, 6) is 0.724. The first-order valence-electron chi connectivity index (χ1n) is 5.18. The molecule has 0 aliphatic heterocycles. The zero-order chi connectivity index (χ0) is 9.10. The SMILES string of the molecule is Cl.N[C@@H](c1ccccc1)C1CCCC1. The van der Waals surface area contributed by atoms with Crippen molar-refractivity contribution in [2.75, 3.05) is 0 Å². The average Bonchev–Trinajstić information content (AvgIpc) is 2.71. The maximum absolute atomic E-state index is 6.20. The van der Waals surface area contributed by atoms with Crippen molar-refractivity contribution in [3.05, 3.63) is 35.9 Å². The average molecular weight is 212 g/mol. The van der Waals surface area contributed by atoms with Gasteiger partial charge in [-0.3, -0.25) is 0 Å². The van der Waals surface area contributed by atoms with Crippen LogP contribution in [0.2, 0.25) is 0 Å². The summed E-state index contributed by atoms with van der Waals surface area (Å²) in [6, 6.07) is 10.7. The zero-order valence-corrected chi connectivity index (χ0v) is 9.17. The maximum Gasteiger partial charge on any atom is 0.0323 e. The van der Waals surface area contributed by atoms with Gasteiger partial charge < -0.3 is 5.73 Å². The van der Waals surface area contributed by atoms with Gasteiger partial charge in [-0.15, -0.1) is 12.4 Å². The molecule has 78 valence electrons. The Morgan fingerprint density at radius 3 is 2.21 bits per heavy atom. The van der Waals surface area contributed by atoms with Crippen LogP contribution in [-0.4, -0.2) is 0 Å². The topological polar surface area (TPSA) is 26.0 Å². The lowest BCUT2D eigenvalue weighted by molar-refractivity contribution is 0.445. The molecule has 14 heavy (non-hydrogen) atoms. The molecule has 0 amide bonds. The monoisotopic (exact) mass is 211 g/mol. The molecule has 1 atom stereocenters. The van der Waals surface area contributed by atoms with E-state index in [-0.39, 0.29) is 18.4 Å². The molecule has 1 aromatic carbocycles. The number of nitrogens with two attached hydrogens (primary N) is 1. The fourth-order valence-corrected chi connectivity index (χ4v) is 2.26. The molecular formula is C12H18ClN. The van der Waals surface area contributed by atoms with Crippen LogP contribution >= 0.6 is 12.4 Å². The predicted octanol–water partition coefficient (Wildman–Crippen LogP) is 3.30. The van der Waals surface area contributed by atoms with Gasteiger partial charge in [-0.2, -0.15) is 0 Å². The largest absolute Gasteiger partial charge is 0.324 e. The summed E-state index contributed by atoms with van der Waals surface area (Å²) in [4.78, 5) is 0. The third-order valence-electron chi connectivity index (χ3n) is 3.09. The fourth-order valence-electron chi connectivity index (χ4n) is 2.26. The van der Waals surface area contributed by atoms with E-state index in [2.05, 4.69) is 24.3 Å². The molecular weight excluding hydrogens is 194 g/mol. The van der Waals surface area contributed by atoms with Crippen molar-refractivity contribution in [2.45, 2.75) is 31.7 Å². The first-order valence-corrected chi connectivity index (χ1v) is 5.18. The van der Waals surface area contributed by atoms with Gasteiger partial charge in [0.1, 0.15) is 0 Å². The lowest BCUT2D eigenvalue weighted by Gasteiger charge is -2.18. The van der Waals surface area contributed by atoms with E-state index in [9.17, 15) is 0 Å².